The molecular formula is C17H23N3O. The molecule has 0 spiro atoms. The zero-order chi connectivity index (χ0) is 14.7. The van der Waals surface area contributed by atoms with Gasteiger partial charge >= 0.3 is 0 Å². The molecule has 1 atom stereocenters. The van der Waals surface area contributed by atoms with Crippen LogP contribution in [0, 0.1) is 5.92 Å². The van der Waals surface area contributed by atoms with Gasteiger partial charge in [-0.2, -0.15) is 0 Å². The van der Waals surface area contributed by atoms with Crippen molar-refractivity contribution in [3.63, 3.8) is 0 Å². The number of benzene rings is 1. The first-order chi connectivity index (χ1) is 10.3. The quantitative estimate of drug-likeness (QED) is 0.886. The van der Waals surface area contributed by atoms with Crippen molar-refractivity contribution in [3.8, 4) is 0 Å². The molecule has 0 saturated carbocycles. The molecule has 21 heavy (non-hydrogen) atoms. The fourth-order valence-electron chi connectivity index (χ4n) is 3.21. The van der Waals surface area contributed by atoms with Gasteiger partial charge in [0, 0.05) is 37.7 Å². The number of nitrogens with one attached hydrogen (secondary N) is 1. The number of aliphatic hydroxyl groups excluding tert-OH is 1. The molecule has 1 aromatic carbocycles. The zero-order valence-electron chi connectivity index (χ0n) is 12.5. The number of fused-ring (bicyclic) bond motifs is 1. The first kappa shape index (κ1) is 14.3. The molecule has 2 heterocycles. The van der Waals surface area contributed by atoms with Crippen LogP contribution >= 0.6 is 0 Å². The molecule has 2 aromatic rings. The summed E-state index contributed by atoms with van der Waals surface area (Å²) in [5, 5.41) is 13.5. The summed E-state index contributed by atoms with van der Waals surface area (Å²) >= 11 is 0. The molecule has 1 saturated heterocycles. The lowest BCUT2D eigenvalue weighted by molar-refractivity contribution is 0.249. The van der Waals surface area contributed by atoms with Gasteiger partial charge in [-0.05, 0) is 37.4 Å². The predicted molar refractivity (Wildman–Crippen MR) is 86.4 cm³/mol. The normalized spacial score (nSPS) is 19.2. The van der Waals surface area contributed by atoms with E-state index in [1.807, 2.05) is 19.2 Å². The molecule has 0 radical (unpaired) electrons. The molecule has 1 fully saturated rings. The Labute approximate surface area is 125 Å². The van der Waals surface area contributed by atoms with E-state index in [0.717, 1.165) is 37.4 Å². The van der Waals surface area contributed by atoms with Gasteiger partial charge in [0.1, 0.15) is 5.82 Å². The van der Waals surface area contributed by atoms with Crippen molar-refractivity contribution in [1.29, 1.82) is 0 Å². The summed E-state index contributed by atoms with van der Waals surface area (Å²) < 4.78 is 0. The van der Waals surface area contributed by atoms with Crippen LogP contribution in [0.5, 0.6) is 0 Å². The lowest BCUT2D eigenvalue weighted by Gasteiger charge is -2.18. The molecule has 2 N–H and O–H groups in total. The number of nitrogens with zero attached hydrogens (tertiary/aromatic N) is 2. The molecule has 3 rings (SSSR count). The molecule has 4 nitrogen and oxygen atoms in total. The van der Waals surface area contributed by atoms with E-state index in [9.17, 15) is 0 Å². The van der Waals surface area contributed by atoms with Crippen molar-refractivity contribution >= 4 is 16.7 Å². The van der Waals surface area contributed by atoms with Crippen molar-refractivity contribution in [2.75, 3.05) is 32.1 Å². The van der Waals surface area contributed by atoms with E-state index in [1.54, 1.807) is 0 Å². The minimum absolute atomic E-state index is 0.303. The van der Waals surface area contributed by atoms with E-state index >= 15 is 0 Å². The third kappa shape index (κ3) is 3.17. The Morgan fingerprint density at radius 3 is 3.05 bits per heavy atom. The Bertz CT molecular complexity index is 614. The largest absolute Gasteiger partial charge is 0.396 e. The number of rotatable bonds is 5. The number of pyridine rings is 1. The summed E-state index contributed by atoms with van der Waals surface area (Å²) in [6, 6.07) is 10.5. The number of hydrogen-bond acceptors (Lipinski definition) is 4. The highest BCUT2D eigenvalue weighted by Gasteiger charge is 2.22. The van der Waals surface area contributed by atoms with Gasteiger partial charge in [-0.3, -0.25) is 4.90 Å². The van der Waals surface area contributed by atoms with E-state index in [4.69, 9.17) is 10.1 Å². The van der Waals surface area contributed by atoms with E-state index in [-0.39, 0.29) is 0 Å². The highest BCUT2D eigenvalue weighted by Crippen LogP contribution is 2.25. The van der Waals surface area contributed by atoms with Crippen LogP contribution in [-0.2, 0) is 6.54 Å². The second-order valence-electron chi connectivity index (χ2n) is 5.84. The first-order valence-electron chi connectivity index (χ1n) is 7.70. The van der Waals surface area contributed by atoms with Crippen molar-refractivity contribution in [2.24, 2.45) is 5.92 Å². The predicted octanol–water partition coefficient (Wildman–Crippen LogP) is 2.48. The Balaban J connectivity index is 1.80. The van der Waals surface area contributed by atoms with E-state index in [2.05, 4.69) is 28.4 Å². The smallest absolute Gasteiger partial charge is 0.130 e. The van der Waals surface area contributed by atoms with Crippen LogP contribution in [0.15, 0.2) is 30.3 Å². The Morgan fingerprint density at radius 1 is 1.38 bits per heavy atom. The van der Waals surface area contributed by atoms with Gasteiger partial charge in [0.15, 0.2) is 0 Å². The third-order valence-corrected chi connectivity index (χ3v) is 4.34. The van der Waals surface area contributed by atoms with Crippen molar-refractivity contribution in [3.05, 3.63) is 35.9 Å². The van der Waals surface area contributed by atoms with E-state index in [1.165, 1.54) is 17.4 Å². The fraction of sp³-hybridized carbons (Fsp3) is 0.471. The molecule has 1 unspecified atom stereocenters. The highest BCUT2D eigenvalue weighted by molar-refractivity contribution is 5.81. The van der Waals surface area contributed by atoms with Crippen LogP contribution in [0.2, 0.25) is 0 Å². The fourth-order valence-corrected chi connectivity index (χ4v) is 3.21. The van der Waals surface area contributed by atoms with Crippen molar-refractivity contribution in [2.45, 2.75) is 19.4 Å². The SMILES string of the molecule is CNc1nc2ccccc2cc1CN1CCC(CCO)C1. The lowest BCUT2D eigenvalue weighted by Crippen LogP contribution is -2.21. The van der Waals surface area contributed by atoms with Gasteiger partial charge in [0.25, 0.3) is 0 Å². The third-order valence-electron chi connectivity index (χ3n) is 4.34. The average molecular weight is 285 g/mol. The maximum Gasteiger partial charge on any atom is 0.130 e. The van der Waals surface area contributed by atoms with Gasteiger partial charge in [-0.1, -0.05) is 18.2 Å². The van der Waals surface area contributed by atoms with Gasteiger partial charge in [0.2, 0.25) is 0 Å². The van der Waals surface area contributed by atoms with E-state index < -0.39 is 0 Å². The molecule has 112 valence electrons. The van der Waals surface area contributed by atoms with Gasteiger partial charge in [-0.25, -0.2) is 4.98 Å². The van der Waals surface area contributed by atoms with Crippen LogP contribution in [0.3, 0.4) is 0 Å². The minimum Gasteiger partial charge on any atom is -0.396 e. The number of para-hydroxylation sites is 1. The minimum atomic E-state index is 0.303. The van der Waals surface area contributed by atoms with Gasteiger partial charge < -0.3 is 10.4 Å². The van der Waals surface area contributed by atoms with Crippen LogP contribution in [-0.4, -0.2) is 41.7 Å². The average Bonchev–Trinajstić information content (AvgIpc) is 2.94. The van der Waals surface area contributed by atoms with Crippen LogP contribution in [0.4, 0.5) is 5.82 Å². The summed E-state index contributed by atoms with van der Waals surface area (Å²) in [6.07, 6.45) is 2.11. The lowest BCUT2D eigenvalue weighted by atomic mass is 10.1. The Kier molecular flexibility index (Phi) is 4.36. The summed E-state index contributed by atoms with van der Waals surface area (Å²) in [7, 11) is 1.93. The number of anilines is 1. The Hall–Kier alpha value is -1.65. The molecule has 0 amide bonds. The number of likely N-dealkylation sites (tertiary alicyclic amines) is 1. The highest BCUT2D eigenvalue weighted by atomic mass is 16.3. The van der Waals surface area contributed by atoms with Crippen LogP contribution in [0.25, 0.3) is 10.9 Å². The topological polar surface area (TPSA) is 48.4 Å². The summed E-state index contributed by atoms with van der Waals surface area (Å²) in [5.74, 6) is 1.61. The first-order valence-corrected chi connectivity index (χ1v) is 7.70. The van der Waals surface area contributed by atoms with Crippen molar-refractivity contribution in [1.82, 2.24) is 9.88 Å². The number of hydrogen-bond donors (Lipinski definition) is 2. The van der Waals surface area contributed by atoms with Crippen LogP contribution < -0.4 is 5.32 Å². The molecule has 1 aliphatic heterocycles. The second kappa shape index (κ2) is 6.41. The molecule has 0 aliphatic carbocycles. The maximum absolute atomic E-state index is 9.06. The monoisotopic (exact) mass is 285 g/mol. The number of aliphatic hydroxyl groups is 1. The molecule has 1 aliphatic rings. The van der Waals surface area contributed by atoms with Crippen molar-refractivity contribution < 1.29 is 5.11 Å². The Morgan fingerprint density at radius 2 is 2.24 bits per heavy atom. The number of aromatic nitrogens is 1. The molecule has 0 bridgehead atoms. The summed E-state index contributed by atoms with van der Waals surface area (Å²) in [5.41, 5.74) is 2.28. The zero-order valence-corrected chi connectivity index (χ0v) is 12.5. The molecule has 4 heteroatoms. The summed E-state index contributed by atoms with van der Waals surface area (Å²) in [6.45, 7) is 3.42. The molecular weight excluding hydrogens is 262 g/mol. The van der Waals surface area contributed by atoms with Gasteiger partial charge in [0.05, 0.1) is 5.52 Å². The standard InChI is InChI=1S/C17H23N3O/c1-18-17-15(10-14-4-2-3-5-16(14)19-17)12-20-8-6-13(11-20)7-9-21/h2-5,10,13,21H,6-9,11-12H2,1H3,(H,18,19). The second-order valence-corrected chi connectivity index (χ2v) is 5.84. The van der Waals surface area contributed by atoms with Crippen LogP contribution in [0.1, 0.15) is 18.4 Å². The molecule has 1 aromatic heterocycles. The van der Waals surface area contributed by atoms with E-state index in [0.29, 0.717) is 12.5 Å². The maximum atomic E-state index is 9.06. The van der Waals surface area contributed by atoms with Gasteiger partial charge in [-0.15, -0.1) is 0 Å². The summed E-state index contributed by atoms with van der Waals surface area (Å²) in [4.78, 5) is 7.18.